The lowest BCUT2D eigenvalue weighted by atomic mass is 9.43. The molecule has 0 fully saturated rings. The summed E-state index contributed by atoms with van der Waals surface area (Å²) in [6.07, 6.45) is 0.931. The van der Waals surface area contributed by atoms with Crippen LogP contribution in [0.15, 0.2) is 101 Å². The van der Waals surface area contributed by atoms with Crippen LogP contribution in [0.2, 0.25) is 0 Å². The Hall–Kier alpha value is -5.77. The first-order chi connectivity index (χ1) is 31.9. The topological polar surface area (TPSA) is 132 Å². The minimum absolute atomic E-state index is 0.00758. The van der Waals surface area contributed by atoms with E-state index in [9.17, 15) is 22.8 Å². The van der Waals surface area contributed by atoms with Crippen molar-refractivity contribution in [3.8, 4) is 28.7 Å². The van der Waals surface area contributed by atoms with Gasteiger partial charge >= 0.3 is 18.1 Å². The number of nitriles is 1. The highest BCUT2D eigenvalue weighted by atomic mass is 19.4. The van der Waals surface area contributed by atoms with Crippen molar-refractivity contribution in [2.24, 2.45) is 42.7 Å². The summed E-state index contributed by atoms with van der Waals surface area (Å²) < 4.78 is 63.4. The van der Waals surface area contributed by atoms with Crippen molar-refractivity contribution in [1.29, 1.82) is 5.26 Å². The number of azo groups is 1. The zero-order valence-corrected chi connectivity index (χ0v) is 42.1. The lowest BCUT2D eigenvalue weighted by Gasteiger charge is -2.60. The maximum Gasteiger partial charge on any atom is 0.416 e. The molecule has 4 rings (SSSR count). The number of carbonyl (C=O) groups is 2. The Morgan fingerprint density at radius 3 is 1.49 bits per heavy atom. The molecule has 0 bridgehead atoms. The Morgan fingerprint density at radius 1 is 0.574 bits per heavy atom. The van der Waals surface area contributed by atoms with E-state index >= 15 is 0 Å². The zero-order valence-electron chi connectivity index (χ0n) is 42.1. The van der Waals surface area contributed by atoms with Crippen LogP contribution < -0.4 is 9.47 Å². The molecule has 3 aromatic carbocycles. The molecule has 0 N–H and O–H groups in total. The molecule has 0 radical (unpaired) electrons. The number of hydrogen-bond donors (Lipinski definition) is 0. The number of halogens is 3. The van der Waals surface area contributed by atoms with Gasteiger partial charge < -0.3 is 18.9 Å². The lowest BCUT2D eigenvalue weighted by molar-refractivity contribution is -0.190. The second kappa shape index (κ2) is 22.6. The van der Waals surface area contributed by atoms with Crippen LogP contribution in [-0.4, -0.2) is 43.4 Å². The molecule has 0 spiro atoms. The number of benzene rings is 3. The highest BCUT2D eigenvalue weighted by Gasteiger charge is 2.63. The molecule has 0 saturated carbocycles. The van der Waals surface area contributed by atoms with Gasteiger partial charge in [0.2, 0.25) is 0 Å². The van der Waals surface area contributed by atoms with E-state index in [1.807, 2.05) is 19.9 Å². The number of nitrogens with zero attached hydrogens (tertiary/aromatic N) is 4. The lowest BCUT2D eigenvalue weighted by Crippen LogP contribution is -2.58. The van der Waals surface area contributed by atoms with Gasteiger partial charge in [-0.05, 0) is 139 Å². The smallest absolute Gasteiger partial charge is 0.416 e. The van der Waals surface area contributed by atoms with Crippen LogP contribution >= 0.6 is 0 Å². The predicted molar refractivity (Wildman–Crippen MR) is 260 cm³/mol. The van der Waals surface area contributed by atoms with E-state index in [4.69, 9.17) is 24.2 Å². The molecule has 2 unspecified atom stereocenters. The Balaban J connectivity index is 1.47. The van der Waals surface area contributed by atoms with Gasteiger partial charge in [-0.3, -0.25) is 9.59 Å². The second-order valence-corrected chi connectivity index (χ2v) is 20.2. The van der Waals surface area contributed by atoms with Crippen LogP contribution in [0.1, 0.15) is 133 Å². The molecule has 0 saturated heterocycles. The van der Waals surface area contributed by atoms with Crippen LogP contribution in [0, 0.1) is 43.8 Å². The molecule has 0 aliphatic heterocycles. The van der Waals surface area contributed by atoms with Crippen molar-refractivity contribution in [1.82, 2.24) is 4.98 Å². The van der Waals surface area contributed by atoms with Crippen LogP contribution in [0.4, 0.5) is 24.5 Å². The van der Waals surface area contributed by atoms with Crippen LogP contribution in [0.3, 0.4) is 0 Å². The fourth-order valence-corrected chi connectivity index (χ4v) is 10.0. The van der Waals surface area contributed by atoms with E-state index in [2.05, 4.69) is 84.4 Å². The maximum atomic E-state index is 14.9. The minimum atomic E-state index is -4.41. The zero-order chi connectivity index (χ0) is 50.6. The first-order valence-electron chi connectivity index (χ1n) is 23.6. The van der Waals surface area contributed by atoms with E-state index in [0.717, 1.165) is 24.1 Å². The van der Waals surface area contributed by atoms with Gasteiger partial charge in [-0.15, -0.1) is 5.11 Å². The monoisotopic (exact) mass is 941 g/mol. The van der Waals surface area contributed by atoms with Crippen molar-refractivity contribution in [2.75, 3.05) is 26.4 Å². The fourth-order valence-electron chi connectivity index (χ4n) is 10.0. The number of aromatic nitrogens is 1. The summed E-state index contributed by atoms with van der Waals surface area (Å²) >= 11 is 0. The number of rotatable bonds is 24. The number of pyridine rings is 1. The van der Waals surface area contributed by atoms with Gasteiger partial charge in [-0.2, -0.15) is 23.5 Å². The molecule has 4 aromatic rings. The molecule has 0 aliphatic carbocycles. The Bertz CT molecular complexity index is 2330. The first kappa shape index (κ1) is 54.8. The predicted octanol–water partition coefficient (Wildman–Crippen LogP) is 15.1. The van der Waals surface area contributed by atoms with Gasteiger partial charge in [0.25, 0.3) is 0 Å². The van der Waals surface area contributed by atoms with E-state index in [0.29, 0.717) is 66.2 Å². The molecule has 0 aliphatic rings. The van der Waals surface area contributed by atoms with E-state index in [-0.39, 0.29) is 43.8 Å². The third-order valence-electron chi connectivity index (χ3n) is 15.0. The van der Waals surface area contributed by atoms with Crippen molar-refractivity contribution in [3.05, 3.63) is 102 Å². The van der Waals surface area contributed by atoms with Gasteiger partial charge in [-0.25, -0.2) is 4.98 Å². The first-order valence-corrected chi connectivity index (χ1v) is 23.6. The number of ether oxygens (including phenoxy) is 4. The Kier molecular flexibility index (Phi) is 18.2. The summed E-state index contributed by atoms with van der Waals surface area (Å²) in [6, 6.07) is 24.3. The van der Waals surface area contributed by atoms with Crippen molar-refractivity contribution in [3.63, 3.8) is 0 Å². The number of alkyl halides is 3. The number of hydrogen-bond acceptors (Lipinski definition) is 10. The fraction of sp³-hybridized carbons (Fsp3) is 0.527. The third kappa shape index (κ3) is 12.9. The number of carbonyl (C=O) groups excluding carboxylic acids is 2. The maximum absolute atomic E-state index is 14.9. The molecule has 2 atom stereocenters. The van der Waals surface area contributed by atoms with Gasteiger partial charge in [-0.1, -0.05) is 99.9 Å². The summed E-state index contributed by atoms with van der Waals surface area (Å²) in [5.41, 5.74) is -1.76. The second-order valence-electron chi connectivity index (χ2n) is 20.2. The van der Waals surface area contributed by atoms with Crippen molar-refractivity contribution < 1.29 is 41.7 Å². The van der Waals surface area contributed by atoms with Gasteiger partial charge in [0.1, 0.15) is 55.4 Å². The average molecular weight is 941 g/mol. The summed E-state index contributed by atoms with van der Waals surface area (Å²) in [7, 11) is 0. The molecule has 1 heterocycles. The van der Waals surface area contributed by atoms with Crippen molar-refractivity contribution in [2.45, 2.75) is 128 Å². The SMILES string of the molecule is CCC(C)(C)CC(C)(C(=O)OCCOc1ccc(-c2ccc(C(F)(F)F)cc2)cc1)C(CC)(CC)C(C)(C)CC(C)(C(=O)OCCOc1ccc(/N=N/c2ccc(C#N)nc2)cc1)C(C)(C)CC. The third-order valence-corrected chi connectivity index (χ3v) is 15.0. The summed E-state index contributed by atoms with van der Waals surface area (Å²) in [5, 5.41) is 17.3. The van der Waals surface area contributed by atoms with Crippen LogP contribution in [-0.2, 0) is 25.2 Å². The van der Waals surface area contributed by atoms with Gasteiger partial charge in [0, 0.05) is 0 Å². The molecular formula is C55H71F3N4O6. The molecule has 10 nitrogen and oxygen atoms in total. The molecule has 13 heteroatoms. The average Bonchev–Trinajstić information content (AvgIpc) is 3.31. The number of esters is 2. The molecule has 368 valence electrons. The van der Waals surface area contributed by atoms with E-state index in [1.165, 1.54) is 18.3 Å². The van der Waals surface area contributed by atoms with E-state index in [1.54, 1.807) is 60.7 Å². The molecule has 0 amide bonds. The molecular weight excluding hydrogens is 870 g/mol. The van der Waals surface area contributed by atoms with Crippen molar-refractivity contribution >= 4 is 23.3 Å². The molecule has 1 aromatic heterocycles. The van der Waals surface area contributed by atoms with E-state index < -0.39 is 38.8 Å². The van der Waals surface area contributed by atoms with Gasteiger partial charge in [0.15, 0.2) is 0 Å². The quantitative estimate of drug-likeness (QED) is 0.0385. The Labute approximate surface area is 402 Å². The normalized spacial score (nSPS) is 14.4. The summed E-state index contributed by atoms with van der Waals surface area (Å²) in [5.74, 6) is 0.481. The standard InChI is InChI=1S/C55H71F3N4O6/c1-13-49(5,6)37-53(12,48(64)68-34-32-65-45-27-19-40(20-28-45)39-17-21-41(22-18-39)55(56,57)58)54(15-3,16-4)51(9,10)38-52(11,50(7,8)14-2)47(63)67-33-31-66-46-29-25-42(26-30-46)61-62-44-24-23-43(35-59)60-36-44/h17-30,36H,13-16,31-34,37-38H2,1-12H3/b62-61+. The highest BCUT2D eigenvalue weighted by Crippen LogP contribution is 2.65. The highest BCUT2D eigenvalue weighted by molar-refractivity contribution is 5.79. The Morgan fingerprint density at radius 2 is 1.04 bits per heavy atom. The molecule has 68 heavy (non-hydrogen) atoms. The summed E-state index contributed by atoms with van der Waals surface area (Å²) in [4.78, 5) is 33.4. The van der Waals surface area contributed by atoms with Crippen LogP contribution in [0.5, 0.6) is 11.5 Å². The summed E-state index contributed by atoms with van der Waals surface area (Å²) in [6.45, 7) is 25.7. The van der Waals surface area contributed by atoms with Gasteiger partial charge in [0.05, 0.1) is 28.3 Å². The minimum Gasteiger partial charge on any atom is -0.490 e. The van der Waals surface area contributed by atoms with Crippen LogP contribution in [0.25, 0.3) is 11.1 Å². The largest absolute Gasteiger partial charge is 0.490 e.